The summed E-state index contributed by atoms with van der Waals surface area (Å²) in [6, 6.07) is 10.7. The van der Waals surface area contributed by atoms with Crippen molar-refractivity contribution in [1.82, 2.24) is 4.98 Å². The fourth-order valence-electron chi connectivity index (χ4n) is 1.65. The van der Waals surface area contributed by atoms with E-state index in [-0.39, 0.29) is 23.9 Å². The molecule has 1 aromatic heterocycles. The third-order valence-corrected chi connectivity index (χ3v) is 3.01. The minimum atomic E-state index is -0.828. The SMILES string of the molecule is N#Cc1nc(NC[C@H](O)COc2cccc(F)c2)ccc1Cl. The summed E-state index contributed by atoms with van der Waals surface area (Å²) in [7, 11) is 0. The zero-order chi connectivity index (χ0) is 15.9. The number of aromatic nitrogens is 1. The van der Waals surface area contributed by atoms with Crippen molar-refractivity contribution in [3.63, 3.8) is 0 Å². The molecule has 2 rings (SSSR count). The van der Waals surface area contributed by atoms with E-state index in [1.165, 1.54) is 18.2 Å². The fraction of sp³-hybridized carbons (Fsp3) is 0.200. The van der Waals surface area contributed by atoms with Crippen LogP contribution in [-0.2, 0) is 0 Å². The normalized spacial score (nSPS) is 11.5. The molecule has 2 aromatic rings. The van der Waals surface area contributed by atoms with Crippen LogP contribution in [0.2, 0.25) is 5.02 Å². The maximum Gasteiger partial charge on any atom is 0.161 e. The quantitative estimate of drug-likeness (QED) is 0.855. The summed E-state index contributed by atoms with van der Waals surface area (Å²) in [6.45, 7) is 0.157. The first-order valence-corrected chi connectivity index (χ1v) is 6.83. The summed E-state index contributed by atoms with van der Waals surface area (Å²) >= 11 is 5.78. The second kappa shape index (κ2) is 7.59. The van der Waals surface area contributed by atoms with Crippen LogP contribution in [0.1, 0.15) is 5.69 Å². The summed E-state index contributed by atoms with van der Waals surface area (Å²) in [6.07, 6.45) is -0.828. The second-order valence-corrected chi connectivity index (χ2v) is 4.85. The lowest BCUT2D eigenvalue weighted by Crippen LogP contribution is -2.26. The number of anilines is 1. The highest BCUT2D eigenvalue weighted by atomic mass is 35.5. The molecule has 0 saturated heterocycles. The van der Waals surface area contributed by atoms with Crippen molar-refractivity contribution in [2.45, 2.75) is 6.10 Å². The van der Waals surface area contributed by atoms with Crippen LogP contribution in [-0.4, -0.2) is 29.3 Å². The second-order valence-electron chi connectivity index (χ2n) is 4.44. The Morgan fingerprint density at radius 2 is 2.23 bits per heavy atom. The summed E-state index contributed by atoms with van der Waals surface area (Å²) in [5, 5.41) is 21.8. The van der Waals surface area contributed by atoms with Gasteiger partial charge in [-0.25, -0.2) is 9.37 Å². The van der Waals surface area contributed by atoms with Crippen LogP contribution in [0.15, 0.2) is 36.4 Å². The molecular weight excluding hydrogens is 309 g/mol. The fourth-order valence-corrected chi connectivity index (χ4v) is 1.80. The van der Waals surface area contributed by atoms with Crippen LogP contribution in [0, 0.1) is 17.1 Å². The maximum atomic E-state index is 13.0. The molecule has 0 unspecified atom stereocenters. The number of halogens is 2. The number of hydrogen-bond donors (Lipinski definition) is 2. The molecule has 114 valence electrons. The Morgan fingerprint density at radius 1 is 1.41 bits per heavy atom. The number of ether oxygens (including phenoxy) is 1. The van der Waals surface area contributed by atoms with Gasteiger partial charge in [0, 0.05) is 12.6 Å². The van der Waals surface area contributed by atoms with Crippen molar-refractivity contribution in [2.75, 3.05) is 18.5 Å². The van der Waals surface area contributed by atoms with Gasteiger partial charge >= 0.3 is 0 Å². The lowest BCUT2D eigenvalue weighted by Gasteiger charge is -2.13. The minimum absolute atomic E-state index is 0.00481. The standard InChI is InChI=1S/C15H13ClFN3O2/c16-13-4-5-15(20-14(13)7-18)19-8-11(21)9-22-12-3-1-2-10(17)6-12/h1-6,11,21H,8-9H2,(H,19,20)/t11-/m0/s1. The predicted molar refractivity (Wildman–Crippen MR) is 80.4 cm³/mol. The van der Waals surface area contributed by atoms with Gasteiger partial charge in [0.25, 0.3) is 0 Å². The van der Waals surface area contributed by atoms with Crippen molar-refractivity contribution < 1.29 is 14.2 Å². The first-order valence-electron chi connectivity index (χ1n) is 6.45. The minimum Gasteiger partial charge on any atom is -0.491 e. The predicted octanol–water partition coefficient (Wildman–Crippen LogP) is 2.60. The van der Waals surface area contributed by atoms with Gasteiger partial charge in [-0.3, -0.25) is 0 Å². The molecule has 7 heteroatoms. The molecule has 1 atom stereocenters. The monoisotopic (exact) mass is 321 g/mol. The van der Waals surface area contributed by atoms with E-state index in [9.17, 15) is 9.50 Å². The van der Waals surface area contributed by atoms with Gasteiger partial charge < -0.3 is 15.2 Å². The van der Waals surface area contributed by atoms with E-state index in [0.29, 0.717) is 11.6 Å². The Hall–Kier alpha value is -2.36. The van der Waals surface area contributed by atoms with Crippen LogP contribution < -0.4 is 10.1 Å². The van der Waals surface area contributed by atoms with Crippen molar-refractivity contribution in [2.24, 2.45) is 0 Å². The molecule has 0 aliphatic heterocycles. The van der Waals surface area contributed by atoms with E-state index < -0.39 is 11.9 Å². The average Bonchev–Trinajstić information content (AvgIpc) is 2.52. The van der Waals surface area contributed by atoms with Gasteiger partial charge in [-0.05, 0) is 24.3 Å². The van der Waals surface area contributed by atoms with Gasteiger partial charge in [0.15, 0.2) is 5.69 Å². The number of nitrogens with zero attached hydrogens (tertiary/aromatic N) is 2. The van der Waals surface area contributed by atoms with Gasteiger partial charge in [0.2, 0.25) is 0 Å². The van der Waals surface area contributed by atoms with Crippen LogP contribution in [0.5, 0.6) is 5.75 Å². The van der Waals surface area contributed by atoms with E-state index in [1.54, 1.807) is 18.2 Å². The number of nitriles is 1. The highest BCUT2D eigenvalue weighted by Crippen LogP contribution is 2.16. The topological polar surface area (TPSA) is 78.2 Å². The van der Waals surface area contributed by atoms with E-state index in [0.717, 1.165) is 0 Å². The van der Waals surface area contributed by atoms with E-state index in [4.69, 9.17) is 21.6 Å². The molecule has 22 heavy (non-hydrogen) atoms. The summed E-state index contributed by atoms with van der Waals surface area (Å²) in [5.74, 6) is 0.362. The van der Waals surface area contributed by atoms with Gasteiger partial charge in [0.05, 0.1) is 5.02 Å². The summed E-state index contributed by atoms with van der Waals surface area (Å²) < 4.78 is 18.2. The molecule has 1 aromatic carbocycles. The molecule has 0 spiro atoms. The molecule has 0 aliphatic carbocycles. The van der Waals surface area contributed by atoms with Crippen molar-refractivity contribution in [1.29, 1.82) is 5.26 Å². The molecule has 0 radical (unpaired) electrons. The lowest BCUT2D eigenvalue weighted by atomic mass is 10.3. The smallest absolute Gasteiger partial charge is 0.161 e. The zero-order valence-corrected chi connectivity index (χ0v) is 12.2. The largest absolute Gasteiger partial charge is 0.491 e. The molecule has 0 aliphatic rings. The highest BCUT2D eigenvalue weighted by Gasteiger charge is 2.08. The van der Waals surface area contributed by atoms with Crippen LogP contribution in [0.3, 0.4) is 0 Å². The van der Waals surface area contributed by atoms with Crippen LogP contribution in [0.4, 0.5) is 10.2 Å². The molecule has 2 N–H and O–H groups in total. The molecule has 0 amide bonds. The first-order chi connectivity index (χ1) is 10.6. The van der Waals surface area contributed by atoms with Crippen LogP contribution in [0.25, 0.3) is 0 Å². The molecule has 0 bridgehead atoms. The van der Waals surface area contributed by atoms with Crippen molar-refractivity contribution >= 4 is 17.4 Å². The van der Waals surface area contributed by atoms with Crippen molar-refractivity contribution in [3.8, 4) is 11.8 Å². The number of nitrogens with one attached hydrogen (secondary N) is 1. The molecule has 0 saturated carbocycles. The van der Waals surface area contributed by atoms with Crippen LogP contribution >= 0.6 is 11.6 Å². The Balaban J connectivity index is 1.83. The number of benzene rings is 1. The third kappa shape index (κ3) is 4.58. The van der Waals surface area contributed by atoms with E-state index in [2.05, 4.69) is 10.3 Å². The number of aliphatic hydroxyl groups is 1. The summed E-state index contributed by atoms with van der Waals surface area (Å²) in [5.41, 5.74) is 0.108. The number of rotatable bonds is 6. The highest BCUT2D eigenvalue weighted by molar-refractivity contribution is 6.31. The maximum absolute atomic E-state index is 13.0. The van der Waals surface area contributed by atoms with Crippen molar-refractivity contribution in [3.05, 3.63) is 52.9 Å². The number of pyridine rings is 1. The number of aliphatic hydroxyl groups excluding tert-OH is 1. The zero-order valence-electron chi connectivity index (χ0n) is 11.5. The van der Waals surface area contributed by atoms with Gasteiger partial charge in [-0.1, -0.05) is 17.7 Å². The Morgan fingerprint density at radius 3 is 2.95 bits per heavy atom. The third-order valence-electron chi connectivity index (χ3n) is 2.71. The van der Waals surface area contributed by atoms with Gasteiger partial charge in [-0.15, -0.1) is 0 Å². The Kier molecular flexibility index (Phi) is 5.53. The molecule has 1 heterocycles. The molecule has 5 nitrogen and oxygen atoms in total. The van der Waals surface area contributed by atoms with Gasteiger partial charge in [0.1, 0.15) is 36.2 Å². The van der Waals surface area contributed by atoms with E-state index in [1.807, 2.05) is 6.07 Å². The number of hydrogen-bond acceptors (Lipinski definition) is 5. The average molecular weight is 322 g/mol. The first kappa shape index (κ1) is 16.0. The van der Waals surface area contributed by atoms with E-state index >= 15 is 0 Å². The molecular formula is C15H13ClFN3O2. The summed E-state index contributed by atoms with van der Waals surface area (Å²) in [4.78, 5) is 3.99. The van der Waals surface area contributed by atoms with Gasteiger partial charge in [-0.2, -0.15) is 5.26 Å². The lowest BCUT2D eigenvalue weighted by molar-refractivity contribution is 0.117. The Bertz CT molecular complexity index is 691. The Labute approximate surface area is 131 Å². The molecule has 0 fully saturated rings.